The average molecular weight is 388 g/mol. The molecule has 0 N–H and O–H groups in total. The molecule has 1 aliphatic rings. The summed E-state index contributed by atoms with van der Waals surface area (Å²) in [7, 11) is -3.80. The summed E-state index contributed by atoms with van der Waals surface area (Å²) < 4.78 is 55.7. The van der Waals surface area contributed by atoms with Gasteiger partial charge in [-0.1, -0.05) is 34.6 Å². The van der Waals surface area contributed by atoms with Crippen molar-refractivity contribution in [3.63, 3.8) is 0 Å². The van der Waals surface area contributed by atoms with Crippen LogP contribution < -0.4 is 4.90 Å². The van der Waals surface area contributed by atoms with Crippen molar-refractivity contribution in [1.82, 2.24) is 4.31 Å². The zero-order valence-electron chi connectivity index (χ0n) is 15.8. The summed E-state index contributed by atoms with van der Waals surface area (Å²) in [6.07, 6.45) is 0. The maximum Gasteiger partial charge on any atom is 0.270 e. The lowest BCUT2D eigenvalue weighted by molar-refractivity contribution is -0.136. The number of fused-ring (bicyclic) bond motifs is 1. The number of amides is 1. The van der Waals surface area contributed by atoms with Crippen LogP contribution in [-0.4, -0.2) is 44.9 Å². The Morgan fingerprint density at radius 3 is 2.23 bits per heavy atom. The number of rotatable bonds is 6. The van der Waals surface area contributed by atoms with Crippen LogP contribution in [0, 0.1) is 5.41 Å². The van der Waals surface area contributed by atoms with E-state index < -0.39 is 33.7 Å². The second kappa shape index (κ2) is 6.88. The summed E-state index contributed by atoms with van der Waals surface area (Å²) in [5.74, 6) is -0.852. The lowest BCUT2D eigenvalue weighted by atomic mass is 9.74. The van der Waals surface area contributed by atoms with Gasteiger partial charge in [0.2, 0.25) is 15.7 Å². The molecule has 0 saturated heterocycles. The molecule has 0 saturated carbocycles. The molecule has 0 bridgehead atoms. The third kappa shape index (κ3) is 2.93. The molecular weight excluding hydrogens is 362 g/mol. The quantitative estimate of drug-likeness (QED) is 0.752. The van der Waals surface area contributed by atoms with Crippen LogP contribution in [0.25, 0.3) is 0 Å². The van der Waals surface area contributed by atoms with E-state index in [9.17, 15) is 17.6 Å². The first-order valence-corrected chi connectivity index (χ1v) is 10.1. The average Bonchev–Trinajstić information content (AvgIpc) is 2.78. The lowest BCUT2D eigenvalue weighted by Gasteiger charge is -2.33. The Morgan fingerprint density at radius 1 is 1.19 bits per heavy atom. The maximum atomic E-state index is 16.0. The minimum absolute atomic E-state index is 0.0170. The molecule has 1 heterocycles. The van der Waals surface area contributed by atoms with E-state index in [2.05, 4.69) is 0 Å². The highest BCUT2D eigenvalue weighted by Gasteiger charge is 2.59. The number of anilines is 1. The summed E-state index contributed by atoms with van der Waals surface area (Å²) in [6.45, 7) is 7.62. The van der Waals surface area contributed by atoms with Crippen molar-refractivity contribution in [2.45, 2.75) is 45.2 Å². The van der Waals surface area contributed by atoms with Gasteiger partial charge in [-0.2, -0.15) is 4.31 Å². The third-order valence-corrected chi connectivity index (χ3v) is 6.90. The van der Waals surface area contributed by atoms with E-state index in [1.54, 1.807) is 34.6 Å². The van der Waals surface area contributed by atoms with Crippen LogP contribution in [-0.2, 0) is 20.5 Å². The second-order valence-corrected chi connectivity index (χ2v) is 9.26. The molecule has 1 atom stereocenters. The van der Waals surface area contributed by atoms with Crippen LogP contribution in [0.15, 0.2) is 23.1 Å². The molecule has 0 fully saturated rings. The molecule has 1 aromatic carbocycles. The molecule has 1 amide bonds. The SMILES string of the molecule is CCN(CC)S(=O)(=O)c1ccc2c(c1)C(F)(C(C)(C)C)C(=O)N2CCF. The normalized spacial score (nSPS) is 20.8. The topological polar surface area (TPSA) is 57.7 Å². The summed E-state index contributed by atoms with van der Waals surface area (Å²) >= 11 is 0. The van der Waals surface area contributed by atoms with E-state index in [1.165, 1.54) is 22.5 Å². The smallest absolute Gasteiger partial charge is 0.270 e. The van der Waals surface area contributed by atoms with E-state index in [0.717, 1.165) is 4.90 Å². The monoisotopic (exact) mass is 388 g/mol. The van der Waals surface area contributed by atoms with Crippen molar-refractivity contribution in [2.75, 3.05) is 31.2 Å². The molecule has 0 radical (unpaired) electrons. The number of carbonyl (C=O) groups excluding carboxylic acids is 1. The van der Waals surface area contributed by atoms with Crippen LogP contribution in [0.1, 0.15) is 40.2 Å². The minimum atomic E-state index is -3.80. The Kier molecular flexibility index (Phi) is 5.50. The highest BCUT2D eigenvalue weighted by Crippen LogP contribution is 2.53. The number of alkyl halides is 2. The third-order valence-electron chi connectivity index (χ3n) is 4.85. The minimum Gasteiger partial charge on any atom is -0.306 e. The fraction of sp³-hybridized carbons (Fsp3) is 0.611. The van der Waals surface area contributed by atoms with Crippen LogP contribution in [0.3, 0.4) is 0 Å². The maximum absolute atomic E-state index is 16.0. The van der Waals surface area contributed by atoms with Gasteiger partial charge in [-0.25, -0.2) is 17.2 Å². The number of hydrogen-bond donors (Lipinski definition) is 0. The molecule has 146 valence electrons. The molecule has 0 aliphatic carbocycles. The Hall–Kier alpha value is -1.54. The molecule has 26 heavy (non-hydrogen) atoms. The zero-order chi connectivity index (χ0) is 19.9. The van der Waals surface area contributed by atoms with E-state index >= 15 is 4.39 Å². The standard InChI is InChI=1S/C18H26F2N2O3S/c1-6-21(7-2)26(24,25)13-8-9-15-14(12-13)18(20,17(3,4)5)16(23)22(15)11-10-19/h8-9,12H,6-7,10-11H2,1-5H3. The van der Waals surface area contributed by atoms with Gasteiger partial charge in [0, 0.05) is 24.1 Å². The van der Waals surface area contributed by atoms with Gasteiger partial charge in [0.15, 0.2) is 0 Å². The molecule has 5 nitrogen and oxygen atoms in total. The van der Waals surface area contributed by atoms with E-state index in [4.69, 9.17) is 0 Å². The number of benzene rings is 1. The molecule has 1 aromatic rings. The van der Waals surface area contributed by atoms with Crippen LogP contribution in [0.2, 0.25) is 0 Å². The Morgan fingerprint density at radius 2 is 1.77 bits per heavy atom. The summed E-state index contributed by atoms with van der Waals surface area (Å²) in [5, 5.41) is 0. The number of halogens is 2. The number of hydrogen-bond acceptors (Lipinski definition) is 3. The Bertz CT molecular complexity index is 801. The van der Waals surface area contributed by atoms with E-state index in [-0.39, 0.29) is 35.8 Å². The Labute approximate surface area is 154 Å². The fourth-order valence-corrected chi connectivity index (χ4v) is 4.83. The highest BCUT2D eigenvalue weighted by atomic mass is 32.2. The van der Waals surface area contributed by atoms with Gasteiger partial charge in [0.1, 0.15) is 6.67 Å². The van der Waals surface area contributed by atoms with Crippen molar-refractivity contribution < 1.29 is 22.0 Å². The van der Waals surface area contributed by atoms with Crippen LogP contribution in [0.5, 0.6) is 0 Å². The zero-order valence-corrected chi connectivity index (χ0v) is 16.7. The molecular formula is C18H26F2N2O3S. The van der Waals surface area contributed by atoms with Crippen LogP contribution in [0.4, 0.5) is 14.5 Å². The van der Waals surface area contributed by atoms with Crippen LogP contribution >= 0.6 is 0 Å². The first-order chi connectivity index (χ1) is 12.0. The van der Waals surface area contributed by atoms with E-state index in [1.807, 2.05) is 0 Å². The molecule has 1 aliphatic heterocycles. The number of sulfonamides is 1. The molecule has 1 unspecified atom stereocenters. The molecule has 0 aromatic heterocycles. The fourth-order valence-electron chi connectivity index (χ4n) is 3.34. The lowest BCUT2D eigenvalue weighted by Crippen LogP contribution is -2.46. The predicted molar refractivity (Wildman–Crippen MR) is 97.1 cm³/mol. The number of nitrogens with zero attached hydrogens (tertiary/aromatic N) is 2. The first kappa shape index (κ1) is 20.8. The molecule has 0 spiro atoms. The van der Waals surface area contributed by atoms with Gasteiger partial charge >= 0.3 is 0 Å². The van der Waals surface area contributed by atoms with E-state index in [0.29, 0.717) is 0 Å². The highest BCUT2D eigenvalue weighted by molar-refractivity contribution is 7.89. The van der Waals surface area contributed by atoms with Crippen molar-refractivity contribution >= 4 is 21.6 Å². The van der Waals surface area contributed by atoms with Gasteiger partial charge in [-0.05, 0) is 18.2 Å². The number of carbonyl (C=O) groups is 1. The summed E-state index contributed by atoms with van der Waals surface area (Å²) in [4.78, 5) is 13.7. The second-order valence-electron chi connectivity index (χ2n) is 7.32. The molecule has 2 rings (SSSR count). The first-order valence-electron chi connectivity index (χ1n) is 8.68. The van der Waals surface area contributed by atoms with Crippen molar-refractivity contribution in [1.29, 1.82) is 0 Å². The summed E-state index contributed by atoms with van der Waals surface area (Å²) in [6, 6.07) is 3.97. The van der Waals surface area contributed by atoms with Gasteiger partial charge < -0.3 is 4.90 Å². The van der Waals surface area contributed by atoms with Crippen molar-refractivity contribution in [2.24, 2.45) is 5.41 Å². The molecule has 8 heteroatoms. The van der Waals surface area contributed by atoms with Gasteiger partial charge in [-0.3, -0.25) is 4.79 Å². The summed E-state index contributed by atoms with van der Waals surface area (Å²) in [5.41, 5.74) is -3.34. The predicted octanol–water partition coefficient (Wildman–Crippen LogP) is 3.24. The Balaban J connectivity index is 2.71. The van der Waals surface area contributed by atoms with Crippen molar-refractivity contribution in [3.8, 4) is 0 Å². The van der Waals surface area contributed by atoms with Gasteiger partial charge in [0.05, 0.1) is 17.1 Å². The van der Waals surface area contributed by atoms with Crippen molar-refractivity contribution in [3.05, 3.63) is 23.8 Å². The largest absolute Gasteiger partial charge is 0.306 e. The van der Waals surface area contributed by atoms with Gasteiger partial charge in [0.25, 0.3) is 5.91 Å². The van der Waals surface area contributed by atoms with Gasteiger partial charge in [-0.15, -0.1) is 0 Å².